The van der Waals surface area contributed by atoms with Gasteiger partial charge < -0.3 is 16.0 Å². The van der Waals surface area contributed by atoms with Gasteiger partial charge in [0.15, 0.2) is 0 Å². The number of hydrogen-bond donors (Lipinski definition) is 3. The van der Waals surface area contributed by atoms with E-state index in [0.717, 1.165) is 6.07 Å². The van der Waals surface area contributed by atoms with E-state index in [4.69, 9.17) is 11.6 Å². The van der Waals surface area contributed by atoms with Crippen molar-refractivity contribution in [3.05, 3.63) is 94.0 Å². The number of benzene rings is 3. The zero-order chi connectivity index (χ0) is 26.7. The number of alkyl halides is 3. The fraction of sp³-hybridized carbons (Fsp3) is 0.222. The number of carbonyl (C=O) groups is 2. The van der Waals surface area contributed by atoms with Gasteiger partial charge in [0.2, 0.25) is 5.91 Å². The average molecular weight is 529 g/mol. The highest BCUT2D eigenvalue weighted by Crippen LogP contribution is 2.34. The van der Waals surface area contributed by atoms with Crippen LogP contribution in [0.25, 0.3) is 0 Å². The lowest BCUT2D eigenvalue weighted by molar-refractivity contribution is -0.138. The summed E-state index contributed by atoms with van der Waals surface area (Å²) in [5.74, 6) is -0.529. The smallest absolute Gasteiger partial charge is 0.336 e. The van der Waals surface area contributed by atoms with E-state index >= 15 is 0 Å². The Balaban J connectivity index is 1.73. The lowest BCUT2D eigenvalue weighted by Gasteiger charge is -2.16. The SMILES string of the molecule is CC(C)NC(=O)Nc1ccc(C2=NC(Cc3ccccc3C(F)(F)F)C(=O)Nc3ccc(Cl)cc32)cc1. The molecule has 1 aliphatic heterocycles. The molecule has 1 unspecified atom stereocenters. The molecule has 10 heteroatoms. The van der Waals surface area contributed by atoms with Crippen LogP contribution in [0.2, 0.25) is 5.02 Å². The van der Waals surface area contributed by atoms with Gasteiger partial charge in [0.1, 0.15) is 6.04 Å². The molecule has 0 aliphatic carbocycles. The molecule has 0 bridgehead atoms. The van der Waals surface area contributed by atoms with Crippen molar-refractivity contribution in [3.8, 4) is 0 Å². The monoisotopic (exact) mass is 528 g/mol. The van der Waals surface area contributed by atoms with Crippen LogP contribution >= 0.6 is 11.6 Å². The zero-order valence-electron chi connectivity index (χ0n) is 20.0. The molecule has 3 N–H and O–H groups in total. The summed E-state index contributed by atoms with van der Waals surface area (Å²) in [7, 11) is 0. The van der Waals surface area contributed by atoms with Crippen molar-refractivity contribution >= 4 is 40.6 Å². The number of nitrogens with zero attached hydrogens (tertiary/aromatic N) is 1. The van der Waals surface area contributed by atoms with Crippen LogP contribution in [0.3, 0.4) is 0 Å². The third-order valence-electron chi connectivity index (χ3n) is 5.65. The second kappa shape index (κ2) is 10.6. The van der Waals surface area contributed by atoms with Crippen LogP contribution in [0.4, 0.5) is 29.3 Å². The summed E-state index contributed by atoms with van der Waals surface area (Å²) in [6, 6.07) is 15.3. The minimum atomic E-state index is -4.56. The molecular weight excluding hydrogens is 505 g/mol. The highest BCUT2D eigenvalue weighted by molar-refractivity contribution is 6.32. The van der Waals surface area contributed by atoms with Crippen molar-refractivity contribution in [1.29, 1.82) is 0 Å². The van der Waals surface area contributed by atoms with Crippen LogP contribution in [0.5, 0.6) is 0 Å². The number of carbonyl (C=O) groups excluding carboxylic acids is 2. The van der Waals surface area contributed by atoms with E-state index in [1.165, 1.54) is 18.2 Å². The van der Waals surface area contributed by atoms with Gasteiger partial charge in [-0.15, -0.1) is 0 Å². The molecule has 0 fully saturated rings. The number of fused-ring (bicyclic) bond motifs is 1. The van der Waals surface area contributed by atoms with E-state index < -0.39 is 23.7 Å². The normalized spacial score (nSPS) is 15.4. The number of benzodiazepines with no additional fused rings is 1. The number of amides is 3. The Bertz CT molecular complexity index is 1350. The van der Waals surface area contributed by atoms with Crippen LogP contribution in [0.15, 0.2) is 71.7 Å². The molecule has 0 aromatic heterocycles. The first-order valence-corrected chi connectivity index (χ1v) is 11.9. The summed E-state index contributed by atoms with van der Waals surface area (Å²) in [6.45, 7) is 3.68. The quantitative estimate of drug-likeness (QED) is 0.364. The molecule has 4 rings (SSSR count). The molecule has 0 radical (unpaired) electrons. The number of anilines is 2. The van der Waals surface area contributed by atoms with Gasteiger partial charge in [-0.05, 0) is 55.8 Å². The fourth-order valence-electron chi connectivity index (χ4n) is 4.01. The third kappa shape index (κ3) is 6.29. The summed E-state index contributed by atoms with van der Waals surface area (Å²) in [5.41, 5.74) is 1.67. The largest absolute Gasteiger partial charge is 0.416 e. The maximum Gasteiger partial charge on any atom is 0.416 e. The minimum Gasteiger partial charge on any atom is -0.336 e. The Morgan fingerprint density at radius 3 is 2.46 bits per heavy atom. The standard InChI is InChI=1S/C27H24ClF3N4O2/c1-15(2)32-26(37)33-19-10-7-16(8-11-19)24-20-14-18(28)9-12-22(20)35-25(36)23(34-24)13-17-5-3-4-6-21(17)27(29,30)31/h3-12,14-15,23H,13H2,1-2H3,(H,35,36)(H2,32,33,37). The number of urea groups is 1. The first kappa shape index (κ1) is 26.2. The lowest BCUT2D eigenvalue weighted by Crippen LogP contribution is -2.34. The summed E-state index contributed by atoms with van der Waals surface area (Å²) < 4.78 is 40.8. The Kier molecular flexibility index (Phi) is 7.54. The van der Waals surface area contributed by atoms with Crippen molar-refractivity contribution in [3.63, 3.8) is 0 Å². The molecule has 0 saturated carbocycles. The highest BCUT2D eigenvalue weighted by Gasteiger charge is 2.35. The third-order valence-corrected chi connectivity index (χ3v) is 5.89. The number of halogens is 4. The number of aliphatic imine (C=N–C) groups is 1. The summed E-state index contributed by atoms with van der Waals surface area (Å²) in [6.07, 6.45) is -4.81. The molecule has 3 aromatic carbocycles. The molecule has 1 heterocycles. The van der Waals surface area contributed by atoms with Crippen molar-refractivity contribution in [2.75, 3.05) is 10.6 Å². The van der Waals surface area contributed by atoms with Gasteiger partial charge in [0, 0.05) is 34.3 Å². The first-order valence-electron chi connectivity index (χ1n) is 11.5. The molecule has 0 spiro atoms. The Labute approximate surface area is 216 Å². The van der Waals surface area contributed by atoms with Gasteiger partial charge in [-0.25, -0.2) is 4.79 Å². The van der Waals surface area contributed by atoms with Crippen LogP contribution in [-0.4, -0.2) is 29.7 Å². The van der Waals surface area contributed by atoms with Gasteiger partial charge in [0.05, 0.1) is 17.0 Å². The number of nitrogens with one attached hydrogen (secondary N) is 3. The molecule has 37 heavy (non-hydrogen) atoms. The van der Waals surface area contributed by atoms with Gasteiger partial charge >= 0.3 is 12.2 Å². The van der Waals surface area contributed by atoms with Crippen molar-refractivity contribution in [2.45, 2.75) is 38.5 Å². The van der Waals surface area contributed by atoms with Crippen LogP contribution in [0, 0.1) is 0 Å². The van der Waals surface area contributed by atoms with Crippen LogP contribution in [-0.2, 0) is 17.4 Å². The van der Waals surface area contributed by atoms with Gasteiger partial charge in [-0.2, -0.15) is 13.2 Å². The topological polar surface area (TPSA) is 82.6 Å². The lowest BCUT2D eigenvalue weighted by atomic mass is 9.98. The molecule has 3 aromatic rings. The maximum atomic E-state index is 13.6. The van der Waals surface area contributed by atoms with E-state index in [-0.39, 0.29) is 24.1 Å². The maximum absolute atomic E-state index is 13.6. The molecule has 0 saturated heterocycles. The van der Waals surface area contributed by atoms with Crippen molar-refractivity contribution < 1.29 is 22.8 Å². The zero-order valence-corrected chi connectivity index (χ0v) is 20.7. The Hall–Kier alpha value is -3.85. The van der Waals surface area contributed by atoms with Gasteiger partial charge in [-0.3, -0.25) is 9.79 Å². The van der Waals surface area contributed by atoms with E-state index in [1.54, 1.807) is 42.5 Å². The summed E-state index contributed by atoms with van der Waals surface area (Å²) in [5, 5.41) is 8.64. The second-order valence-corrected chi connectivity index (χ2v) is 9.30. The summed E-state index contributed by atoms with van der Waals surface area (Å²) >= 11 is 6.23. The number of hydrogen-bond acceptors (Lipinski definition) is 3. The molecule has 192 valence electrons. The molecule has 1 aliphatic rings. The fourth-order valence-corrected chi connectivity index (χ4v) is 4.19. The van der Waals surface area contributed by atoms with Gasteiger partial charge in [0.25, 0.3) is 0 Å². The average Bonchev–Trinajstić information content (AvgIpc) is 2.95. The van der Waals surface area contributed by atoms with Gasteiger partial charge in [-0.1, -0.05) is 41.9 Å². The predicted molar refractivity (Wildman–Crippen MR) is 138 cm³/mol. The Morgan fingerprint density at radius 1 is 1.08 bits per heavy atom. The van der Waals surface area contributed by atoms with E-state index in [9.17, 15) is 22.8 Å². The van der Waals surface area contributed by atoms with Crippen LogP contribution < -0.4 is 16.0 Å². The second-order valence-electron chi connectivity index (χ2n) is 8.86. The predicted octanol–water partition coefficient (Wildman–Crippen LogP) is 6.29. The van der Waals surface area contributed by atoms with Crippen LogP contribution in [0.1, 0.15) is 36.1 Å². The highest BCUT2D eigenvalue weighted by atomic mass is 35.5. The van der Waals surface area contributed by atoms with Crippen molar-refractivity contribution in [2.24, 2.45) is 4.99 Å². The molecule has 6 nitrogen and oxygen atoms in total. The van der Waals surface area contributed by atoms with E-state index in [2.05, 4.69) is 20.9 Å². The first-order chi connectivity index (χ1) is 17.5. The molecule has 3 amide bonds. The Morgan fingerprint density at radius 2 is 1.78 bits per heavy atom. The molecule has 1 atom stereocenters. The van der Waals surface area contributed by atoms with Crippen molar-refractivity contribution in [1.82, 2.24) is 5.32 Å². The molecular formula is C27H24ClF3N4O2. The summed E-state index contributed by atoms with van der Waals surface area (Å²) in [4.78, 5) is 29.7. The van der Waals surface area contributed by atoms with E-state index in [1.807, 2.05) is 13.8 Å². The minimum absolute atomic E-state index is 0.0297. The number of rotatable bonds is 5. The van der Waals surface area contributed by atoms with E-state index in [0.29, 0.717) is 33.2 Å².